The highest BCUT2D eigenvalue weighted by atomic mass is 35.5. The molecule has 27 heavy (non-hydrogen) atoms. The van der Waals surface area contributed by atoms with E-state index in [9.17, 15) is 14.7 Å². The molecule has 0 bridgehead atoms. The van der Waals surface area contributed by atoms with Gasteiger partial charge in [0.15, 0.2) is 0 Å². The monoisotopic (exact) mass is 407 g/mol. The van der Waals surface area contributed by atoms with E-state index >= 15 is 0 Å². The van der Waals surface area contributed by atoms with Crippen LogP contribution in [-0.4, -0.2) is 49.1 Å². The summed E-state index contributed by atoms with van der Waals surface area (Å²) in [4.78, 5) is 27.5. The molecule has 2 heterocycles. The highest BCUT2D eigenvalue weighted by Gasteiger charge is 2.46. The van der Waals surface area contributed by atoms with E-state index in [2.05, 4.69) is 0 Å². The number of likely N-dealkylation sites (tertiary alicyclic amines) is 1. The maximum absolute atomic E-state index is 12.7. The fourth-order valence-electron chi connectivity index (χ4n) is 3.00. The summed E-state index contributed by atoms with van der Waals surface area (Å²) in [5.74, 6) is -1.27. The van der Waals surface area contributed by atoms with Crippen molar-refractivity contribution in [2.75, 3.05) is 27.4 Å². The number of rotatable bonds is 6. The Labute approximate surface area is 165 Å². The molecule has 8 heteroatoms. The van der Waals surface area contributed by atoms with Gasteiger partial charge in [0.2, 0.25) is 0 Å². The Morgan fingerprint density at radius 2 is 2.07 bits per heavy atom. The third kappa shape index (κ3) is 3.58. The van der Waals surface area contributed by atoms with Crippen molar-refractivity contribution in [3.63, 3.8) is 0 Å². The molecule has 1 fully saturated rings. The van der Waals surface area contributed by atoms with Crippen molar-refractivity contribution in [3.05, 3.63) is 56.7 Å². The first-order chi connectivity index (χ1) is 13.0. The molecule has 142 valence electrons. The number of halogens is 1. The van der Waals surface area contributed by atoms with E-state index in [-0.39, 0.29) is 35.1 Å². The van der Waals surface area contributed by atoms with Crippen LogP contribution in [0.25, 0.3) is 5.76 Å². The molecular formula is C19H18ClNO5S. The van der Waals surface area contributed by atoms with Crippen LogP contribution in [0.4, 0.5) is 0 Å². The fourth-order valence-corrected chi connectivity index (χ4v) is 4.05. The van der Waals surface area contributed by atoms with Crippen LogP contribution in [0, 0.1) is 0 Å². The van der Waals surface area contributed by atoms with E-state index in [0.29, 0.717) is 5.75 Å². The van der Waals surface area contributed by atoms with Crippen molar-refractivity contribution < 1.29 is 24.2 Å². The molecular weight excluding hydrogens is 390 g/mol. The number of carbonyl (C=O) groups excluding carboxylic acids is 2. The highest BCUT2D eigenvalue weighted by Crippen LogP contribution is 2.42. The van der Waals surface area contributed by atoms with Crippen LogP contribution >= 0.6 is 22.9 Å². The molecule has 6 nitrogen and oxygen atoms in total. The second-order valence-corrected chi connectivity index (χ2v) is 7.23. The Bertz CT molecular complexity index is 894. The van der Waals surface area contributed by atoms with Gasteiger partial charge in [0.1, 0.15) is 11.5 Å². The SMILES string of the molecule is COCCN1C(=O)C(=O)/C(=C(\O)c2cc(OC)ccc2Cl)C1c1cccs1. The first kappa shape index (κ1) is 19.4. The van der Waals surface area contributed by atoms with Crippen LogP contribution in [0.2, 0.25) is 5.02 Å². The number of thiophene rings is 1. The summed E-state index contributed by atoms with van der Waals surface area (Å²) in [7, 11) is 3.01. The second-order valence-electron chi connectivity index (χ2n) is 5.85. The molecule has 1 amide bonds. The first-order valence-electron chi connectivity index (χ1n) is 8.14. The predicted octanol–water partition coefficient (Wildman–Crippen LogP) is 3.48. The normalized spacial score (nSPS) is 18.9. The minimum Gasteiger partial charge on any atom is -0.507 e. The summed E-state index contributed by atoms with van der Waals surface area (Å²) in [5, 5.41) is 13.0. The minimum atomic E-state index is -0.749. The summed E-state index contributed by atoms with van der Waals surface area (Å²) >= 11 is 7.63. The topological polar surface area (TPSA) is 76.1 Å². The molecule has 1 unspecified atom stereocenters. The third-order valence-corrected chi connectivity index (χ3v) is 5.57. The summed E-state index contributed by atoms with van der Waals surface area (Å²) in [5.41, 5.74) is 0.246. The lowest BCUT2D eigenvalue weighted by atomic mass is 9.99. The number of aliphatic hydroxyl groups excluding tert-OH is 1. The van der Waals surface area contributed by atoms with Crippen molar-refractivity contribution in [2.24, 2.45) is 0 Å². The molecule has 2 aromatic rings. The summed E-state index contributed by atoms with van der Waals surface area (Å²) in [6.45, 7) is 0.501. The third-order valence-electron chi connectivity index (χ3n) is 4.32. The van der Waals surface area contributed by atoms with E-state index < -0.39 is 17.7 Å². The van der Waals surface area contributed by atoms with Crippen LogP contribution in [0.5, 0.6) is 5.75 Å². The van der Waals surface area contributed by atoms with E-state index in [4.69, 9.17) is 21.1 Å². The van der Waals surface area contributed by atoms with Gasteiger partial charge in [0, 0.05) is 24.1 Å². The van der Waals surface area contributed by atoms with Crippen molar-refractivity contribution in [3.8, 4) is 5.75 Å². The van der Waals surface area contributed by atoms with E-state index in [0.717, 1.165) is 4.88 Å². The number of Topliss-reactive ketones (excluding diaryl/α,β-unsaturated/α-hetero) is 1. The number of hydrogen-bond acceptors (Lipinski definition) is 6. The lowest BCUT2D eigenvalue weighted by Gasteiger charge is -2.23. The number of nitrogens with zero attached hydrogens (tertiary/aromatic N) is 1. The van der Waals surface area contributed by atoms with Gasteiger partial charge in [-0.25, -0.2) is 0 Å². The first-order valence-corrected chi connectivity index (χ1v) is 9.40. The Hall–Kier alpha value is -2.35. The molecule has 1 saturated heterocycles. The number of amides is 1. The summed E-state index contributed by atoms with van der Waals surface area (Å²) in [6, 6.07) is 7.70. The van der Waals surface area contributed by atoms with Crippen LogP contribution < -0.4 is 4.74 Å². The van der Waals surface area contributed by atoms with Gasteiger partial charge in [-0.15, -0.1) is 11.3 Å². The lowest BCUT2D eigenvalue weighted by Crippen LogP contribution is -2.32. The number of carbonyl (C=O) groups is 2. The largest absolute Gasteiger partial charge is 0.507 e. The maximum Gasteiger partial charge on any atom is 0.295 e. The Kier molecular flexibility index (Phi) is 5.84. The van der Waals surface area contributed by atoms with Gasteiger partial charge < -0.3 is 19.5 Å². The smallest absolute Gasteiger partial charge is 0.295 e. The average Bonchev–Trinajstić information content (AvgIpc) is 3.28. The van der Waals surface area contributed by atoms with E-state index in [1.807, 2.05) is 17.5 Å². The molecule has 0 radical (unpaired) electrons. The van der Waals surface area contributed by atoms with Crippen LogP contribution in [-0.2, 0) is 14.3 Å². The molecule has 0 saturated carbocycles. The number of hydrogen-bond donors (Lipinski definition) is 1. The zero-order valence-electron chi connectivity index (χ0n) is 14.8. The van der Waals surface area contributed by atoms with Gasteiger partial charge in [-0.05, 0) is 29.6 Å². The summed E-state index contributed by atoms with van der Waals surface area (Å²) < 4.78 is 10.2. The lowest BCUT2D eigenvalue weighted by molar-refractivity contribution is -0.140. The van der Waals surface area contributed by atoms with Crippen LogP contribution in [0.3, 0.4) is 0 Å². The van der Waals surface area contributed by atoms with Gasteiger partial charge in [-0.3, -0.25) is 9.59 Å². The molecule has 1 N–H and O–H groups in total. The van der Waals surface area contributed by atoms with Crippen molar-refractivity contribution in [1.82, 2.24) is 4.90 Å². The van der Waals surface area contributed by atoms with Gasteiger partial charge in [-0.1, -0.05) is 17.7 Å². The number of ether oxygens (including phenoxy) is 2. The van der Waals surface area contributed by atoms with Crippen molar-refractivity contribution in [1.29, 1.82) is 0 Å². The number of benzene rings is 1. The average molecular weight is 408 g/mol. The molecule has 1 aliphatic rings. The molecule has 1 aromatic heterocycles. The fraction of sp³-hybridized carbons (Fsp3) is 0.263. The molecule has 1 aromatic carbocycles. The van der Waals surface area contributed by atoms with Gasteiger partial charge in [-0.2, -0.15) is 0 Å². The van der Waals surface area contributed by atoms with Gasteiger partial charge in [0.25, 0.3) is 11.7 Å². The molecule has 0 spiro atoms. The zero-order valence-corrected chi connectivity index (χ0v) is 16.3. The number of ketones is 1. The maximum atomic E-state index is 12.7. The molecule has 0 aliphatic carbocycles. The minimum absolute atomic E-state index is 0.00806. The Morgan fingerprint density at radius 3 is 2.70 bits per heavy atom. The second kappa shape index (κ2) is 8.12. The molecule has 1 atom stereocenters. The Morgan fingerprint density at radius 1 is 1.30 bits per heavy atom. The number of aliphatic hydroxyl groups is 1. The standard InChI is InChI=1S/C19H18ClNO5S/c1-25-8-7-21-16(14-4-3-9-27-14)15(18(23)19(21)24)17(22)12-10-11(26-2)5-6-13(12)20/h3-6,9-10,16,22H,7-8H2,1-2H3/b17-15-. The Balaban J connectivity index is 2.17. The van der Waals surface area contributed by atoms with Crippen molar-refractivity contribution >= 4 is 40.4 Å². The molecule has 1 aliphatic heterocycles. The molecule has 3 rings (SSSR count). The van der Waals surface area contributed by atoms with Gasteiger partial charge in [0.05, 0.1) is 30.4 Å². The van der Waals surface area contributed by atoms with Crippen molar-refractivity contribution in [2.45, 2.75) is 6.04 Å². The van der Waals surface area contributed by atoms with Crippen LogP contribution in [0.15, 0.2) is 41.3 Å². The van der Waals surface area contributed by atoms with Gasteiger partial charge >= 0.3 is 0 Å². The summed E-state index contributed by atoms with van der Waals surface area (Å²) in [6.07, 6.45) is 0. The quantitative estimate of drug-likeness (QED) is 0.450. The van der Waals surface area contributed by atoms with Crippen LogP contribution in [0.1, 0.15) is 16.5 Å². The predicted molar refractivity (Wildman–Crippen MR) is 103 cm³/mol. The van der Waals surface area contributed by atoms with E-state index in [1.165, 1.54) is 36.5 Å². The zero-order chi connectivity index (χ0) is 19.6. The van der Waals surface area contributed by atoms with E-state index in [1.54, 1.807) is 12.1 Å². The highest BCUT2D eigenvalue weighted by molar-refractivity contribution is 7.10. The number of methoxy groups -OCH3 is 2.